The first kappa shape index (κ1) is 16.3. The third-order valence-corrected chi connectivity index (χ3v) is 4.94. The van der Waals surface area contributed by atoms with Gasteiger partial charge in [0.1, 0.15) is 0 Å². The van der Waals surface area contributed by atoms with Gasteiger partial charge in [-0.15, -0.1) is 0 Å². The van der Waals surface area contributed by atoms with Crippen molar-refractivity contribution in [1.82, 2.24) is 19.4 Å². The van der Waals surface area contributed by atoms with Crippen molar-refractivity contribution in [3.63, 3.8) is 0 Å². The first-order valence-corrected chi connectivity index (χ1v) is 8.27. The van der Waals surface area contributed by atoms with Crippen molar-refractivity contribution >= 4 is 17.7 Å². The van der Waals surface area contributed by atoms with Gasteiger partial charge in [-0.2, -0.15) is 0 Å². The zero-order valence-electron chi connectivity index (χ0n) is 12.9. The quantitative estimate of drug-likeness (QED) is 0.787. The first-order chi connectivity index (χ1) is 10.0. The van der Waals surface area contributed by atoms with Crippen LogP contribution >= 0.6 is 11.8 Å². The Morgan fingerprint density at radius 3 is 2.90 bits per heavy atom. The molecule has 1 unspecified atom stereocenters. The summed E-state index contributed by atoms with van der Waals surface area (Å²) in [6, 6.07) is 0.437. The van der Waals surface area contributed by atoms with Crippen LogP contribution in [0, 0.1) is 0 Å². The summed E-state index contributed by atoms with van der Waals surface area (Å²) >= 11 is 1.30. The van der Waals surface area contributed by atoms with E-state index in [1.165, 1.54) is 17.5 Å². The summed E-state index contributed by atoms with van der Waals surface area (Å²) in [5.74, 6) is -0.747. The topological polar surface area (TPSA) is 61.6 Å². The number of imidazole rings is 1. The van der Waals surface area contributed by atoms with Gasteiger partial charge in [0.25, 0.3) is 0 Å². The Morgan fingerprint density at radius 1 is 1.48 bits per heavy atom. The molecule has 2 rings (SSSR count). The molecule has 6 nitrogen and oxygen atoms in total. The number of carbonyl (C=O) groups is 1. The summed E-state index contributed by atoms with van der Waals surface area (Å²) in [5, 5.41) is 9.67. The van der Waals surface area contributed by atoms with Crippen LogP contribution in [-0.2, 0) is 17.8 Å². The van der Waals surface area contributed by atoms with Crippen molar-refractivity contribution in [2.75, 3.05) is 39.5 Å². The number of piperazine rings is 1. The van der Waals surface area contributed by atoms with Crippen LogP contribution in [0.3, 0.4) is 0 Å². The van der Waals surface area contributed by atoms with E-state index in [0.29, 0.717) is 6.04 Å². The number of rotatable bonds is 6. The van der Waals surface area contributed by atoms with Crippen LogP contribution in [-0.4, -0.2) is 76.0 Å². The monoisotopic (exact) mass is 312 g/mol. The largest absolute Gasteiger partial charge is 0.481 e. The molecule has 1 aliphatic heterocycles. The average Bonchev–Trinajstić information content (AvgIpc) is 2.82. The number of aromatic nitrogens is 2. The molecule has 1 aromatic rings. The molecule has 0 radical (unpaired) electrons. The van der Waals surface area contributed by atoms with Crippen molar-refractivity contribution in [3.8, 4) is 0 Å². The Kier molecular flexibility index (Phi) is 5.66. The minimum atomic E-state index is -0.804. The van der Waals surface area contributed by atoms with Crippen molar-refractivity contribution in [2.45, 2.75) is 31.1 Å². The Morgan fingerprint density at radius 2 is 2.24 bits per heavy atom. The predicted octanol–water partition coefficient (Wildman–Crippen LogP) is 0.868. The van der Waals surface area contributed by atoms with Crippen LogP contribution < -0.4 is 0 Å². The van der Waals surface area contributed by atoms with Crippen molar-refractivity contribution in [2.24, 2.45) is 0 Å². The minimum Gasteiger partial charge on any atom is -0.481 e. The lowest BCUT2D eigenvalue weighted by molar-refractivity contribution is -0.133. The molecule has 7 heteroatoms. The fourth-order valence-corrected chi connectivity index (χ4v) is 3.35. The van der Waals surface area contributed by atoms with E-state index in [9.17, 15) is 4.79 Å². The average molecular weight is 312 g/mol. The number of likely N-dealkylation sites (N-methyl/N-ethyl adjacent to an activating group) is 2. The van der Waals surface area contributed by atoms with Gasteiger partial charge in [0, 0.05) is 44.1 Å². The molecule has 0 saturated carbocycles. The smallest absolute Gasteiger partial charge is 0.313 e. The second-order valence-corrected chi connectivity index (χ2v) is 6.52. The van der Waals surface area contributed by atoms with Gasteiger partial charge in [-0.3, -0.25) is 9.69 Å². The third kappa shape index (κ3) is 4.21. The zero-order chi connectivity index (χ0) is 15.4. The molecule has 0 aliphatic carbocycles. The van der Waals surface area contributed by atoms with Gasteiger partial charge in [-0.1, -0.05) is 18.7 Å². The van der Waals surface area contributed by atoms with Crippen LogP contribution in [0.4, 0.5) is 0 Å². The van der Waals surface area contributed by atoms with Crippen LogP contribution in [0.1, 0.15) is 12.6 Å². The summed E-state index contributed by atoms with van der Waals surface area (Å²) in [4.78, 5) is 19.9. The van der Waals surface area contributed by atoms with E-state index in [0.717, 1.165) is 37.8 Å². The van der Waals surface area contributed by atoms with Crippen LogP contribution in [0.5, 0.6) is 0 Å². The van der Waals surface area contributed by atoms with E-state index in [1.807, 2.05) is 6.20 Å². The standard InChI is InChI=1S/C14H24N4O2S/c1-4-11-7-15-14(21-10-13(19)20)18(11)9-12-8-16(2)5-6-17(12)3/h7,12H,4-6,8-10H2,1-3H3,(H,19,20). The van der Waals surface area contributed by atoms with Crippen LogP contribution in [0.25, 0.3) is 0 Å². The van der Waals surface area contributed by atoms with E-state index < -0.39 is 5.97 Å². The van der Waals surface area contributed by atoms with Crippen molar-refractivity contribution in [3.05, 3.63) is 11.9 Å². The number of aryl methyl sites for hydroxylation is 1. The van der Waals surface area contributed by atoms with Gasteiger partial charge in [-0.25, -0.2) is 4.98 Å². The molecule has 0 aromatic carbocycles. The number of hydrogen-bond acceptors (Lipinski definition) is 5. The fourth-order valence-electron chi connectivity index (χ4n) is 2.62. The second kappa shape index (κ2) is 7.29. The minimum absolute atomic E-state index is 0.0561. The molecular formula is C14H24N4O2S. The maximum absolute atomic E-state index is 10.8. The van der Waals surface area contributed by atoms with Crippen molar-refractivity contribution < 1.29 is 9.90 Å². The van der Waals surface area contributed by atoms with Gasteiger partial charge in [-0.05, 0) is 20.5 Å². The number of carboxylic acid groups (broad SMARTS) is 1. The van der Waals surface area contributed by atoms with E-state index in [-0.39, 0.29) is 5.75 Å². The molecule has 1 N–H and O–H groups in total. The van der Waals surface area contributed by atoms with E-state index >= 15 is 0 Å². The molecule has 0 bridgehead atoms. The summed E-state index contributed by atoms with van der Waals surface area (Å²) in [7, 11) is 4.30. The molecule has 2 heterocycles. The Hall–Kier alpha value is -1.05. The molecule has 21 heavy (non-hydrogen) atoms. The molecule has 1 atom stereocenters. The molecule has 0 amide bonds. The SMILES string of the molecule is CCc1cnc(SCC(=O)O)n1CC1CN(C)CCN1C. The van der Waals surface area contributed by atoms with Crippen LogP contribution in [0.2, 0.25) is 0 Å². The molecule has 118 valence electrons. The van der Waals surface area contributed by atoms with E-state index in [4.69, 9.17) is 5.11 Å². The second-order valence-electron chi connectivity index (χ2n) is 5.58. The maximum Gasteiger partial charge on any atom is 0.313 e. The van der Waals surface area contributed by atoms with Gasteiger partial charge >= 0.3 is 5.97 Å². The highest BCUT2D eigenvalue weighted by Gasteiger charge is 2.24. The molecule has 1 fully saturated rings. The molecule has 0 spiro atoms. The number of thioether (sulfide) groups is 1. The first-order valence-electron chi connectivity index (χ1n) is 7.29. The lowest BCUT2D eigenvalue weighted by atomic mass is 10.2. The lowest BCUT2D eigenvalue weighted by Gasteiger charge is -2.38. The van der Waals surface area contributed by atoms with Crippen molar-refractivity contribution in [1.29, 1.82) is 0 Å². The molecule has 1 aromatic heterocycles. The normalized spacial score (nSPS) is 20.8. The zero-order valence-corrected chi connectivity index (χ0v) is 13.8. The van der Waals surface area contributed by atoms with E-state index in [2.05, 4.69) is 40.4 Å². The third-order valence-electron chi connectivity index (χ3n) is 3.96. The maximum atomic E-state index is 10.8. The summed E-state index contributed by atoms with van der Waals surface area (Å²) < 4.78 is 2.19. The molecule has 1 saturated heterocycles. The highest BCUT2D eigenvalue weighted by molar-refractivity contribution is 7.99. The number of aliphatic carboxylic acids is 1. The predicted molar refractivity (Wildman–Crippen MR) is 83.9 cm³/mol. The van der Waals surface area contributed by atoms with Gasteiger partial charge in [0.15, 0.2) is 5.16 Å². The lowest BCUT2D eigenvalue weighted by Crippen LogP contribution is -2.51. The van der Waals surface area contributed by atoms with Crippen LogP contribution in [0.15, 0.2) is 11.4 Å². The molecular weight excluding hydrogens is 288 g/mol. The highest BCUT2D eigenvalue weighted by atomic mass is 32.2. The highest BCUT2D eigenvalue weighted by Crippen LogP contribution is 2.21. The summed E-state index contributed by atoms with van der Waals surface area (Å²) in [6.07, 6.45) is 2.78. The van der Waals surface area contributed by atoms with Gasteiger partial charge in [0.2, 0.25) is 0 Å². The number of hydrogen-bond donors (Lipinski definition) is 1. The summed E-state index contributed by atoms with van der Waals surface area (Å²) in [6.45, 7) is 6.16. The summed E-state index contributed by atoms with van der Waals surface area (Å²) in [5.41, 5.74) is 1.17. The van der Waals surface area contributed by atoms with Gasteiger partial charge < -0.3 is 14.6 Å². The Labute approximate surface area is 130 Å². The fraction of sp³-hybridized carbons (Fsp3) is 0.714. The number of nitrogens with zero attached hydrogens (tertiary/aromatic N) is 4. The Balaban J connectivity index is 2.12. The number of carboxylic acids is 1. The van der Waals surface area contributed by atoms with Gasteiger partial charge in [0.05, 0.1) is 5.75 Å². The Bertz CT molecular complexity index is 491. The molecule has 1 aliphatic rings. The van der Waals surface area contributed by atoms with E-state index in [1.54, 1.807) is 0 Å².